The van der Waals surface area contributed by atoms with Crippen molar-refractivity contribution in [2.75, 3.05) is 13.6 Å². The SMILES string of the molecule is CN(Cc1ccccc1)C(=O)CN(C1CCCCC1)S(=O)(=O)c1ccc(F)cc1. The molecule has 1 aliphatic rings. The van der Waals surface area contributed by atoms with Gasteiger partial charge in [0.15, 0.2) is 0 Å². The molecule has 1 aliphatic carbocycles. The summed E-state index contributed by atoms with van der Waals surface area (Å²) in [6.45, 7) is 0.197. The summed E-state index contributed by atoms with van der Waals surface area (Å²) >= 11 is 0. The number of amides is 1. The molecule has 0 atom stereocenters. The van der Waals surface area contributed by atoms with Gasteiger partial charge in [-0.2, -0.15) is 4.31 Å². The van der Waals surface area contributed by atoms with E-state index in [1.807, 2.05) is 30.3 Å². The number of hydrogen-bond acceptors (Lipinski definition) is 3. The van der Waals surface area contributed by atoms with Crippen molar-refractivity contribution >= 4 is 15.9 Å². The van der Waals surface area contributed by atoms with Gasteiger partial charge in [-0.15, -0.1) is 0 Å². The van der Waals surface area contributed by atoms with E-state index in [1.165, 1.54) is 16.4 Å². The van der Waals surface area contributed by atoms with Crippen LogP contribution in [0.1, 0.15) is 37.7 Å². The molecule has 0 heterocycles. The molecule has 0 bridgehead atoms. The van der Waals surface area contributed by atoms with E-state index in [9.17, 15) is 17.6 Å². The van der Waals surface area contributed by atoms with E-state index < -0.39 is 15.8 Å². The van der Waals surface area contributed by atoms with Gasteiger partial charge in [0.2, 0.25) is 15.9 Å². The fourth-order valence-electron chi connectivity index (χ4n) is 3.72. The lowest BCUT2D eigenvalue weighted by atomic mass is 9.95. The highest BCUT2D eigenvalue weighted by Crippen LogP contribution is 2.28. The van der Waals surface area contributed by atoms with Crippen molar-refractivity contribution in [1.82, 2.24) is 9.21 Å². The number of benzene rings is 2. The lowest BCUT2D eigenvalue weighted by Crippen LogP contribution is -2.47. The zero-order chi connectivity index (χ0) is 20.9. The van der Waals surface area contributed by atoms with Crippen LogP contribution in [0.3, 0.4) is 0 Å². The number of likely N-dealkylation sites (N-methyl/N-ethyl adjacent to an activating group) is 1. The molecule has 1 fully saturated rings. The molecule has 0 N–H and O–H groups in total. The zero-order valence-corrected chi connectivity index (χ0v) is 17.4. The Morgan fingerprint density at radius 2 is 1.62 bits per heavy atom. The third kappa shape index (κ3) is 5.42. The molecule has 0 unspecified atom stereocenters. The quantitative estimate of drug-likeness (QED) is 0.687. The van der Waals surface area contributed by atoms with E-state index in [4.69, 9.17) is 0 Å². The normalized spacial score (nSPS) is 15.4. The number of hydrogen-bond donors (Lipinski definition) is 0. The van der Waals surface area contributed by atoms with Gasteiger partial charge < -0.3 is 4.90 Å². The standard InChI is InChI=1S/C22H27FN2O3S/c1-24(16-18-8-4-2-5-9-18)22(26)17-25(20-10-6-3-7-11-20)29(27,28)21-14-12-19(23)13-15-21/h2,4-5,8-9,12-15,20H,3,6-7,10-11,16-17H2,1H3. The second-order valence-electron chi connectivity index (χ2n) is 7.53. The second kappa shape index (κ2) is 9.50. The number of carbonyl (C=O) groups excluding carboxylic acids is 1. The Hall–Kier alpha value is -2.25. The molecule has 29 heavy (non-hydrogen) atoms. The van der Waals surface area contributed by atoms with Gasteiger partial charge in [-0.3, -0.25) is 4.79 Å². The Morgan fingerprint density at radius 1 is 1.00 bits per heavy atom. The number of halogens is 1. The predicted molar refractivity (Wildman–Crippen MR) is 110 cm³/mol. The Kier molecular flexibility index (Phi) is 7.03. The molecule has 0 aliphatic heterocycles. The lowest BCUT2D eigenvalue weighted by Gasteiger charge is -2.34. The van der Waals surface area contributed by atoms with Gasteiger partial charge >= 0.3 is 0 Å². The number of rotatable bonds is 7. The second-order valence-corrected chi connectivity index (χ2v) is 9.42. The number of nitrogens with zero attached hydrogens (tertiary/aromatic N) is 2. The summed E-state index contributed by atoms with van der Waals surface area (Å²) in [6, 6.07) is 14.2. The van der Waals surface area contributed by atoms with E-state index in [-0.39, 0.29) is 23.4 Å². The molecule has 0 spiro atoms. The number of carbonyl (C=O) groups is 1. The lowest BCUT2D eigenvalue weighted by molar-refractivity contribution is -0.131. The van der Waals surface area contributed by atoms with Crippen LogP contribution in [0.2, 0.25) is 0 Å². The summed E-state index contributed by atoms with van der Waals surface area (Å²) < 4.78 is 41.2. The Labute approximate surface area is 172 Å². The molecule has 5 nitrogen and oxygen atoms in total. The first-order valence-electron chi connectivity index (χ1n) is 9.93. The molecule has 0 radical (unpaired) electrons. The van der Waals surface area contributed by atoms with Gasteiger partial charge in [0.25, 0.3) is 0 Å². The molecule has 0 saturated heterocycles. The first kappa shape index (κ1) is 21.5. The summed E-state index contributed by atoms with van der Waals surface area (Å²) in [6.07, 6.45) is 4.41. The molecule has 3 rings (SSSR count). The smallest absolute Gasteiger partial charge is 0.243 e. The molecule has 2 aromatic rings. The summed E-state index contributed by atoms with van der Waals surface area (Å²) in [5.41, 5.74) is 0.981. The predicted octanol–water partition coefficient (Wildman–Crippen LogP) is 3.81. The van der Waals surface area contributed by atoms with E-state index in [1.54, 1.807) is 11.9 Å². The zero-order valence-electron chi connectivity index (χ0n) is 16.6. The van der Waals surface area contributed by atoms with Crippen LogP contribution >= 0.6 is 0 Å². The first-order chi connectivity index (χ1) is 13.9. The monoisotopic (exact) mass is 418 g/mol. The van der Waals surface area contributed by atoms with Gasteiger partial charge in [0.1, 0.15) is 5.82 Å². The van der Waals surface area contributed by atoms with Gasteiger partial charge in [-0.25, -0.2) is 12.8 Å². The van der Waals surface area contributed by atoms with Crippen molar-refractivity contribution in [1.29, 1.82) is 0 Å². The minimum atomic E-state index is -3.90. The average molecular weight is 419 g/mol. The summed E-state index contributed by atoms with van der Waals surface area (Å²) in [4.78, 5) is 14.5. The van der Waals surface area contributed by atoms with Crippen molar-refractivity contribution in [3.63, 3.8) is 0 Å². The highest BCUT2D eigenvalue weighted by molar-refractivity contribution is 7.89. The fourth-order valence-corrected chi connectivity index (χ4v) is 5.36. The van der Waals surface area contributed by atoms with Crippen LogP contribution in [0.25, 0.3) is 0 Å². The third-order valence-corrected chi connectivity index (χ3v) is 7.29. The Balaban J connectivity index is 1.81. The largest absolute Gasteiger partial charge is 0.340 e. The molecule has 1 saturated carbocycles. The van der Waals surface area contributed by atoms with E-state index in [2.05, 4.69) is 0 Å². The molecular weight excluding hydrogens is 391 g/mol. The van der Waals surface area contributed by atoms with Crippen molar-refractivity contribution in [3.8, 4) is 0 Å². The minimum absolute atomic E-state index is 0.0167. The molecule has 0 aromatic heterocycles. The Morgan fingerprint density at radius 3 is 2.24 bits per heavy atom. The summed E-state index contributed by atoms with van der Waals surface area (Å²) in [7, 11) is -2.22. The van der Waals surface area contributed by atoms with Crippen molar-refractivity contribution in [2.24, 2.45) is 0 Å². The highest BCUT2D eigenvalue weighted by atomic mass is 32.2. The van der Waals surface area contributed by atoms with Crippen molar-refractivity contribution in [3.05, 3.63) is 66.0 Å². The van der Waals surface area contributed by atoms with E-state index in [0.29, 0.717) is 6.54 Å². The third-order valence-electron chi connectivity index (χ3n) is 5.38. The van der Waals surface area contributed by atoms with Crippen molar-refractivity contribution in [2.45, 2.75) is 49.6 Å². The molecule has 2 aromatic carbocycles. The van der Waals surface area contributed by atoms with E-state index >= 15 is 0 Å². The first-order valence-corrected chi connectivity index (χ1v) is 11.4. The average Bonchev–Trinajstić information content (AvgIpc) is 2.73. The van der Waals surface area contributed by atoms with Crippen LogP contribution < -0.4 is 0 Å². The minimum Gasteiger partial charge on any atom is -0.340 e. The van der Waals surface area contributed by atoms with Crippen LogP contribution in [0, 0.1) is 5.82 Å². The summed E-state index contributed by atoms with van der Waals surface area (Å²) in [5.74, 6) is -0.753. The fraction of sp³-hybridized carbons (Fsp3) is 0.409. The molecular formula is C22H27FN2O3S. The van der Waals surface area contributed by atoms with Crippen LogP contribution in [0.4, 0.5) is 4.39 Å². The molecule has 1 amide bonds. The molecule has 7 heteroatoms. The molecule has 156 valence electrons. The van der Waals surface area contributed by atoms with Crippen LogP contribution in [0.15, 0.2) is 59.5 Å². The van der Waals surface area contributed by atoms with Gasteiger partial charge in [-0.05, 0) is 42.7 Å². The summed E-state index contributed by atoms with van der Waals surface area (Å²) in [5, 5.41) is 0. The maximum absolute atomic E-state index is 13.3. The van der Waals surface area contributed by atoms with Gasteiger partial charge in [0.05, 0.1) is 11.4 Å². The van der Waals surface area contributed by atoms with E-state index in [0.717, 1.165) is 49.8 Å². The highest BCUT2D eigenvalue weighted by Gasteiger charge is 2.34. The van der Waals surface area contributed by atoms with Gasteiger partial charge in [0, 0.05) is 19.6 Å². The van der Waals surface area contributed by atoms with Gasteiger partial charge in [-0.1, -0.05) is 49.6 Å². The maximum atomic E-state index is 13.3. The maximum Gasteiger partial charge on any atom is 0.243 e. The number of sulfonamides is 1. The van der Waals surface area contributed by atoms with Crippen LogP contribution in [-0.4, -0.2) is 43.2 Å². The van der Waals surface area contributed by atoms with Crippen molar-refractivity contribution < 1.29 is 17.6 Å². The van der Waals surface area contributed by atoms with Crippen LogP contribution in [0.5, 0.6) is 0 Å². The topological polar surface area (TPSA) is 57.7 Å². The van der Waals surface area contributed by atoms with Crippen LogP contribution in [-0.2, 0) is 21.4 Å². The Bertz CT molecular complexity index is 911.